The van der Waals surface area contributed by atoms with Crippen LogP contribution in [0.5, 0.6) is 5.75 Å². The summed E-state index contributed by atoms with van der Waals surface area (Å²) in [6, 6.07) is 11.7. The molecule has 1 aliphatic rings. The van der Waals surface area contributed by atoms with Crippen LogP contribution in [0.1, 0.15) is 62.7 Å². The second-order valence-electron chi connectivity index (χ2n) is 8.42. The van der Waals surface area contributed by atoms with Crippen LogP contribution in [-0.4, -0.2) is 38.9 Å². The molecule has 172 valence electrons. The van der Waals surface area contributed by atoms with E-state index >= 15 is 0 Å². The lowest BCUT2D eigenvalue weighted by atomic mass is 9.93. The number of aromatic nitrogens is 3. The largest absolute Gasteiger partial charge is 0.494 e. The van der Waals surface area contributed by atoms with E-state index in [0.717, 1.165) is 72.6 Å². The van der Waals surface area contributed by atoms with Crippen LogP contribution >= 0.6 is 0 Å². The van der Waals surface area contributed by atoms with Crippen molar-refractivity contribution >= 4 is 5.91 Å². The van der Waals surface area contributed by atoms with E-state index in [4.69, 9.17) is 9.72 Å². The van der Waals surface area contributed by atoms with Crippen LogP contribution in [0.15, 0.2) is 55.0 Å². The van der Waals surface area contributed by atoms with Crippen LogP contribution in [0.4, 0.5) is 0 Å². The molecule has 1 amide bonds. The quantitative estimate of drug-likeness (QED) is 0.478. The smallest absolute Gasteiger partial charge is 0.227 e. The number of nitrogens with zero attached hydrogens (tertiary/aromatic N) is 4. The van der Waals surface area contributed by atoms with Crippen molar-refractivity contribution in [3.05, 3.63) is 72.1 Å². The normalized spacial score (nSPS) is 15.9. The second kappa shape index (κ2) is 11.0. The molecule has 4 rings (SSSR count). The van der Waals surface area contributed by atoms with Crippen molar-refractivity contribution in [2.75, 3.05) is 13.2 Å². The van der Waals surface area contributed by atoms with Crippen LogP contribution in [0.2, 0.25) is 0 Å². The number of carbonyl (C=O) groups is 1. The summed E-state index contributed by atoms with van der Waals surface area (Å²) in [6.07, 6.45) is 10.7. The first-order valence-corrected chi connectivity index (χ1v) is 12.0. The van der Waals surface area contributed by atoms with Crippen molar-refractivity contribution in [1.82, 2.24) is 19.9 Å². The number of amides is 1. The molecule has 1 aromatic carbocycles. The summed E-state index contributed by atoms with van der Waals surface area (Å²) < 4.78 is 5.53. The Labute approximate surface area is 196 Å². The molecular weight excluding hydrogens is 412 g/mol. The van der Waals surface area contributed by atoms with Gasteiger partial charge in [0.2, 0.25) is 5.91 Å². The Morgan fingerprint density at radius 3 is 2.61 bits per heavy atom. The molecule has 1 fully saturated rings. The molecule has 1 unspecified atom stereocenters. The summed E-state index contributed by atoms with van der Waals surface area (Å²) in [6.45, 7) is 5.48. The monoisotopic (exact) mass is 444 g/mol. The summed E-state index contributed by atoms with van der Waals surface area (Å²) in [5.74, 6) is 1.81. The molecule has 0 radical (unpaired) electrons. The van der Waals surface area contributed by atoms with Gasteiger partial charge in [0.15, 0.2) is 0 Å². The molecule has 33 heavy (non-hydrogen) atoms. The molecule has 3 heterocycles. The first kappa shape index (κ1) is 22.9. The van der Waals surface area contributed by atoms with Gasteiger partial charge in [0, 0.05) is 37.1 Å². The average molecular weight is 445 g/mol. The Balaban J connectivity index is 1.63. The summed E-state index contributed by atoms with van der Waals surface area (Å²) in [4.78, 5) is 29.3. The number of aryl methyl sites for hydroxylation is 1. The maximum Gasteiger partial charge on any atom is 0.227 e. The van der Waals surface area contributed by atoms with Gasteiger partial charge < -0.3 is 9.64 Å². The van der Waals surface area contributed by atoms with Crippen LogP contribution in [0.25, 0.3) is 11.1 Å². The minimum Gasteiger partial charge on any atom is -0.494 e. The number of likely N-dealkylation sites (tertiary alicyclic amines) is 1. The molecule has 6 nitrogen and oxygen atoms in total. The maximum absolute atomic E-state index is 13.5. The minimum absolute atomic E-state index is 0.0456. The Bertz CT molecular complexity index is 1050. The molecule has 1 aliphatic heterocycles. The maximum atomic E-state index is 13.5. The predicted octanol–water partition coefficient (Wildman–Crippen LogP) is 5.19. The van der Waals surface area contributed by atoms with E-state index in [2.05, 4.69) is 16.9 Å². The Hall–Kier alpha value is -3.28. The molecule has 3 aromatic rings. The molecule has 1 atom stereocenters. The number of carbonyl (C=O) groups excluding carboxylic acids is 1. The lowest BCUT2D eigenvalue weighted by Crippen LogP contribution is -2.40. The van der Waals surface area contributed by atoms with Crippen LogP contribution in [0, 0.1) is 0 Å². The second-order valence-corrected chi connectivity index (χ2v) is 8.42. The molecule has 0 spiro atoms. The van der Waals surface area contributed by atoms with Crippen molar-refractivity contribution in [3.63, 3.8) is 0 Å². The highest BCUT2D eigenvalue weighted by Crippen LogP contribution is 2.36. The summed E-state index contributed by atoms with van der Waals surface area (Å²) in [5, 5.41) is 0. The van der Waals surface area contributed by atoms with E-state index in [1.807, 2.05) is 54.4 Å². The van der Waals surface area contributed by atoms with Gasteiger partial charge in [0.25, 0.3) is 0 Å². The number of rotatable bonds is 8. The topological polar surface area (TPSA) is 68.2 Å². The van der Waals surface area contributed by atoms with Gasteiger partial charge in [0.05, 0.1) is 24.8 Å². The zero-order valence-electron chi connectivity index (χ0n) is 19.5. The SMILES string of the molecule is CCCc1ncc(-c2ccncc2)c(C2CCCCN2C(=O)Cc2ccc(OCC)cc2)n1. The first-order chi connectivity index (χ1) is 16.2. The van der Waals surface area contributed by atoms with E-state index in [9.17, 15) is 4.79 Å². The fraction of sp³-hybridized carbons (Fsp3) is 0.407. The van der Waals surface area contributed by atoms with Crippen LogP contribution < -0.4 is 4.74 Å². The van der Waals surface area contributed by atoms with E-state index in [1.165, 1.54) is 0 Å². The Morgan fingerprint density at radius 2 is 1.88 bits per heavy atom. The zero-order valence-corrected chi connectivity index (χ0v) is 19.5. The molecule has 1 saturated heterocycles. The van der Waals surface area contributed by atoms with Crippen molar-refractivity contribution in [3.8, 4) is 16.9 Å². The lowest BCUT2D eigenvalue weighted by Gasteiger charge is -2.36. The molecule has 0 saturated carbocycles. The Morgan fingerprint density at radius 1 is 1.09 bits per heavy atom. The standard InChI is InChI=1S/C27H32N4O2/c1-3-7-25-29-19-23(21-13-15-28-16-14-21)27(30-25)24-8-5-6-17-31(24)26(32)18-20-9-11-22(12-10-20)33-4-2/h9-16,19,24H,3-8,17-18H2,1-2H3. The van der Waals surface area contributed by atoms with Gasteiger partial charge in [-0.25, -0.2) is 9.97 Å². The third-order valence-electron chi connectivity index (χ3n) is 6.06. The molecule has 6 heteroatoms. The van der Waals surface area contributed by atoms with Crippen molar-refractivity contribution < 1.29 is 9.53 Å². The van der Waals surface area contributed by atoms with Gasteiger partial charge in [-0.05, 0) is 68.0 Å². The number of piperidine rings is 1. The van der Waals surface area contributed by atoms with Gasteiger partial charge in [-0.3, -0.25) is 9.78 Å². The lowest BCUT2D eigenvalue weighted by molar-refractivity contribution is -0.134. The van der Waals surface area contributed by atoms with Gasteiger partial charge in [-0.15, -0.1) is 0 Å². The van der Waals surface area contributed by atoms with E-state index in [0.29, 0.717) is 13.0 Å². The van der Waals surface area contributed by atoms with Gasteiger partial charge >= 0.3 is 0 Å². The predicted molar refractivity (Wildman–Crippen MR) is 129 cm³/mol. The molecule has 0 aliphatic carbocycles. The number of pyridine rings is 1. The highest BCUT2D eigenvalue weighted by molar-refractivity contribution is 5.80. The average Bonchev–Trinajstić information content (AvgIpc) is 2.86. The van der Waals surface area contributed by atoms with E-state index in [-0.39, 0.29) is 11.9 Å². The third-order valence-corrected chi connectivity index (χ3v) is 6.06. The molecule has 2 aromatic heterocycles. The molecule has 0 bridgehead atoms. The fourth-order valence-electron chi connectivity index (χ4n) is 4.45. The van der Waals surface area contributed by atoms with Gasteiger partial charge in [0.1, 0.15) is 11.6 Å². The summed E-state index contributed by atoms with van der Waals surface area (Å²) in [5.41, 5.74) is 3.98. The number of ether oxygens (including phenoxy) is 1. The zero-order chi connectivity index (χ0) is 23.0. The highest BCUT2D eigenvalue weighted by Gasteiger charge is 2.31. The van der Waals surface area contributed by atoms with E-state index < -0.39 is 0 Å². The number of hydrogen-bond acceptors (Lipinski definition) is 5. The highest BCUT2D eigenvalue weighted by atomic mass is 16.5. The van der Waals surface area contributed by atoms with Crippen LogP contribution in [0.3, 0.4) is 0 Å². The minimum atomic E-state index is -0.0456. The molecule has 0 N–H and O–H groups in total. The first-order valence-electron chi connectivity index (χ1n) is 12.0. The van der Waals surface area contributed by atoms with Gasteiger partial charge in [-0.1, -0.05) is 19.1 Å². The Kier molecular flexibility index (Phi) is 7.66. The van der Waals surface area contributed by atoms with Crippen LogP contribution in [-0.2, 0) is 17.6 Å². The number of hydrogen-bond donors (Lipinski definition) is 0. The summed E-state index contributed by atoms with van der Waals surface area (Å²) >= 11 is 0. The van der Waals surface area contributed by atoms with Crippen molar-refractivity contribution in [1.29, 1.82) is 0 Å². The van der Waals surface area contributed by atoms with Crippen molar-refractivity contribution in [2.45, 2.75) is 58.4 Å². The number of benzene rings is 1. The van der Waals surface area contributed by atoms with Crippen molar-refractivity contribution in [2.24, 2.45) is 0 Å². The van der Waals surface area contributed by atoms with Gasteiger partial charge in [-0.2, -0.15) is 0 Å². The fourth-order valence-corrected chi connectivity index (χ4v) is 4.45. The van der Waals surface area contributed by atoms with E-state index in [1.54, 1.807) is 12.4 Å². The molecular formula is C27H32N4O2. The third kappa shape index (κ3) is 5.56. The summed E-state index contributed by atoms with van der Waals surface area (Å²) in [7, 11) is 0.